The van der Waals surface area contributed by atoms with E-state index < -0.39 is 6.04 Å². The van der Waals surface area contributed by atoms with Crippen LogP contribution in [0.4, 0.5) is 5.82 Å². The molecule has 8 nitrogen and oxygen atoms in total. The summed E-state index contributed by atoms with van der Waals surface area (Å²) in [6.07, 6.45) is 1.07. The Morgan fingerprint density at radius 3 is 2.70 bits per heavy atom. The molecule has 1 atom stereocenters. The van der Waals surface area contributed by atoms with Crippen molar-refractivity contribution in [1.82, 2.24) is 20.4 Å². The number of carbonyl (C=O) groups excluding carboxylic acids is 2. The van der Waals surface area contributed by atoms with Gasteiger partial charge in [0, 0.05) is 6.54 Å². The van der Waals surface area contributed by atoms with Crippen molar-refractivity contribution in [2.45, 2.75) is 25.8 Å². The van der Waals surface area contributed by atoms with E-state index in [0.29, 0.717) is 41.3 Å². The molecule has 0 fully saturated rings. The first-order valence-corrected chi connectivity index (χ1v) is 10.3. The summed E-state index contributed by atoms with van der Waals surface area (Å²) < 4.78 is 1.55. The molecule has 154 valence electrons. The van der Waals surface area contributed by atoms with Gasteiger partial charge in [-0.15, -0.1) is 11.3 Å². The Morgan fingerprint density at radius 2 is 2.03 bits per heavy atom. The first kappa shape index (κ1) is 21.1. The van der Waals surface area contributed by atoms with Crippen LogP contribution in [0.3, 0.4) is 0 Å². The standard InChI is InChI=1S/C21H22N6O2S/c1-14(25-21(29)18-10-6-12-30-18)20(28)24-11-5-9-17-16(13-22)19(23)27(26-17)15-7-3-2-4-8-15/h2-4,6-8,10,12,14H,5,9,11,23H2,1H3,(H,24,28)(H,25,29)/t14-/m0/s1. The lowest BCUT2D eigenvalue weighted by atomic mass is 10.1. The van der Waals surface area contributed by atoms with Crippen LogP contribution in [0.2, 0.25) is 0 Å². The fraction of sp³-hybridized carbons (Fsp3) is 0.238. The average Bonchev–Trinajstić information content (AvgIpc) is 3.40. The fourth-order valence-electron chi connectivity index (χ4n) is 2.90. The molecule has 9 heteroatoms. The van der Waals surface area contributed by atoms with E-state index in [1.54, 1.807) is 29.1 Å². The van der Waals surface area contributed by atoms with E-state index in [9.17, 15) is 14.9 Å². The van der Waals surface area contributed by atoms with Gasteiger partial charge in [-0.2, -0.15) is 10.4 Å². The number of nitrogens with two attached hydrogens (primary N) is 1. The van der Waals surface area contributed by atoms with Crippen LogP contribution in [0.5, 0.6) is 0 Å². The van der Waals surface area contributed by atoms with Gasteiger partial charge >= 0.3 is 0 Å². The molecule has 0 saturated carbocycles. The third-order valence-electron chi connectivity index (χ3n) is 4.48. The smallest absolute Gasteiger partial charge is 0.261 e. The van der Waals surface area contributed by atoms with Crippen molar-refractivity contribution in [3.05, 3.63) is 64.0 Å². The Kier molecular flexibility index (Phi) is 6.83. The largest absolute Gasteiger partial charge is 0.382 e. The molecule has 0 aliphatic rings. The number of thiophene rings is 1. The maximum absolute atomic E-state index is 12.2. The first-order chi connectivity index (χ1) is 14.5. The van der Waals surface area contributed by atoms with Crippen molar-refractivity contribution < 1.29 is 9.59 Å². The van der Waals surface area contributed by atoms with Crippen LogP contribution in [0, 0.1) is 11.3 Å². The number of nitrogens with one attached hydrogen (secondary N) is 2. The Hall–Kier alpha value is -3.64. The third kappa shape index (κ3) is 4.85. The second kappa shape index (κ2) is 9.71. The van der Waals surface area contributed by atoms with Crippen molar-refractivity contribution in [2.24, 2.45) is 0 Å². The molecule has 0 aliphatic heterocycles. The highest BCUT2D eigenvalue weighted by Crippen LogP contribution is 2.21. The van der Waals surface area contributed by atoms with Gasteiger partial charge in [0.05, 0.1) is 16.3 Å². The normalized spacial score (nSPS) is 11.5. The summed E-state index contributed by atoms with van der Waals surface area (Å²) in [7, 11) is 0. The Balaban J connectivity index is 1.52. The van der Waals surface area contributed by atoms with E-state index in [0.717, 1.165) is 5.69 Å². The summed E-state index contributed by atoms with van der Waals surface area (Å²) in [6.45, 7) is 2.03. The quantitative estimate of drug-likeness (QED) is 0.480. The number of anilines is 1. The number of aryl methyl sites for hydroxylation is 1. The zero-order valence-electron chi connectivity index (χ0n) is 16.5. The number of hydrogen-bond acceptors (Lipinski definition) is 6. The van der Waals surface area contributed by atoms with E-state index in [4.69, 9.17) is 5.73 Å². The van der Waals surface area contributed by atoms with Crippen molar-refractivity contribution >= 4 is 29.0 Å². The molecule has 0 radical (unpaired) electrons. The van der Waals surface area contributed by atoms with Crippen LogP contribution in [-0.2, 0) is 11.2 Å². The summed E-state index contributed by atoms with van der Waals surface area (Å²) in [4.78, 5) is 24.8. The lowest BCUT2D eigenvalue weighted by molar-refractivity contribution is -0.122. The van der Waals surface area contributed by atoms with Crippen LogP contribution < -0.4 is 16.4 Å². The number of para-hydroxylation sites is 1. The monoisotopic (exact) mass is 422 g/mol. The van der Waals surface area contributed by atoms with Crippen LogP contribution in [0.25, 0.3) is 5.69 Å². The van der Waals surface area contributed by atoms with Crippen molar-refractivity contribution in [1.29, 1.82) is 5.26 Å². The highest BCUT2D eigenvalue weighted by molar-refractivity contribution is 7.12. The van der Waals surface area contributed by atoms with E-state index in [1.807, 2.05) is 30.3 Å². The molecule has 1 aromatic carbocycles. The topological polar surface area (TPSA) is 126 Å². The molecule has 0 bridgehead atoms. The predicted molar refractivity (Wildman–Crippen MR) is 115 cm³/mol. The zero-order chi connectivity index (χ0) is 21.5. The lowest BCUT2D eigenvalue weighted by Crippen LogP contribution is -2.44. The van der Waals surface area contributed by atoms with Gasteiger partial charge in [-0.1, -0.05) is 24.3 Å². The van der Waals surface area contributed by atoms with Crippen molar-refractivity contribution in [2.75, 3.05) is 12.3 Å². The van der Waals surface area contributed by atoms with Gasteiger partial charge in [0.1, 0.15) is 23.5 Å². The number of nitrogens with zero attached hydrogens (tertiary/aromatic N) is 3. The van der Waals surface area contributed by atoms with Gasteiger partial charge < -0.3 is 16.4 Å². The molecular formula is C21H22N6O2S. The second-order valence-electron chi connectivity index (χ2n) is 6.63. The van der Waals surface area contributed by atoms with Gasteiger partial charge in [0.25, 0.3) is 5.91 Å². The molecular weight excluding hydrogens is 400 g/mol. The van der Waals surface area contributed by atoms with E-state index in [2.05, 4.69) is 21.8 Å². The Bertz CT molecular complexity index is 1050. The SMILES string of the molecule is C[C@H](NC(=O)c1cccs1)C(=O)NCCCc1nn(-c2ccccc2)c(N)c1C#N. The number of benzene rings is 1. The van der Waals surface area contributed by atoms with Gasteiger partial charge in [-0.25, -0.2) is 4.68 Å². The third-order valence-corrected chi connectivity index (χ3v) is 5.35. The molecule has 0 aliphatic carbocycles. The second-order valence-corrected chi connectivity index (χ2v) is 7.58. The number of carbonyl (C=O) groups is 2. The van der Waals surface area contributed by atoms with Gasteiger partial charge in [-0.3, -0.25) is 9.59 Å². The van der Waals surface area contributed by atoms with E-state index in [-0.39, 0.29) is 11.8 Å². The number of rotatable bonds is 8. The minimum atomic E-state index is -0.651. The Morgan fingerprint density at radius 1 is 1.27 bits per heavy atom. The van der Waals surface area contributed by atoms with Crippen molar-refractivity contribution in [3.8, 4) is 11.8 Å². The average molecular weight is 423 g/mol. The molecule has 0 saturated heterocycles. The maximum atomic E-state index is 12.2. The highest BCUT2D eigenvalue weighted by Gasteiger charge is 2.18. The predicted octanol–water partition coefficient (Wildman–Crippen LogP) is 2.25. The maximum Gasteiger partial charge on any atom is 0.261 e. The summed E-state index contributed by atoms with van der Waals surface area (Å²) in [5.74, 6) is -0.240. The van der Waals surface area contributed by atoms with E-state index in [1.165, 1.54) is 11.3 Å². The molecule has 0 spiro atoms. The summed E-state index contributed by atoms with van der Waals surface area (Å²) in [5.41, 5.74) is 7.81. The number of amides is 2. The number of hydrogen-bond donors (Lipinski definition) is 3. The van der Waals surface area contributed by atoms with Gasteiger partial charge in [0.15, 0.2) is 0 Å². The van der Waals surface area contributed by atoms with Crippen LogP contribution in [-0.4, -0.2) is 34.2 Å². The summed E-state index contributed by atoms with van der Waals surface area (Å²) >= 11 is 1.32. The van der Waals surface area contributed by atoms with Crippen LogP contribution in [0.1, 0.15) is 34.3 Å². The molecule has 30 heavy (non-hydrogen) atoms. The molecule has 4 N–H and O–H groups in total. The van der Waals surface area contributed by atoms with Crippen LogP contribution >= 0.6 is 11.3 Å². The molecule has 3 aromatic rings. The lowest BCUT2D eigenvalue weighted by Gasteiger charge is -2.13. The van der Waals surface area contributed by atoms with Crippen LogP contribution in [0.15, 0.2) is 47.8 Å². The Labute approximate surface area is 178 Å². The first-order valence-electron chi connectivity index (χ1n) is 9.46. The van der Waals surface area contributed by atoms with Gasteiger partial charge in [-0.05, 0) is 43.3 Å². The zero-order valence-corrected chi connectivity index (χ0v) is 17.3. The van der Waals surface area contributed by atoms with E-state index >= 15 is 0 Å². The number of nitrogen functional groups attached to an aromatic ring is 1. The summed E-state index contributed by atoms with van der Waals surface area (Å²) in [6, 6.07) is 14.3. The van der Waals surface area contributed by atoms with Gasteiger partial charge in [0.2, 0.25) is 5.91 Å². The van der Waals surface area contributed by atoms with Crippen molar-refractivity contribution in [3.63, 3.8) is 0 Å². The highest BCUT2D eigenvalue weighted by atomic mass is 32.1. The minimum Gasteiger partial charge on any atom is -0.382 e. The molecule has 3 rings (SSSR count). The molecule has 2 heterocycles. The number of aromatic nitrogens is 2. The molecule has 2 amide bonds. The minimum absolute atomic E-state index is 0.269. The molecule has 2 aromatic heterocycles. The number of nitriles is 1. The molecule has 0 unspecified atom stereocenters. The summed E-state index contributed by atoms with van der Waals surface area (Å²) in [5, 5.41) is 21.2. The fourth-order valence-corrected chi connectivity index (χ4v) is 3.53.